The summed E-state index contributed by atoms with van der Waals surface area (Å²) in [6, 6.07) is 9.42. The highest BCUT2D eigenvalue weighted by Crippen LogP contribution is 2.26. The summed E-state index contributed by atoms with van der Waals surface area (Å²) in [5.74, 6) is 0.0353. The van der Waals surface area contributed by atoms with E-state index in [-0.39, 0.29) is 5.91 Å². The Morgan fingerprint density at radius 1 is 1.35 bits per heavy atom. The molecule has 4 nitrogen and oxygen atoms in total. The quantitative estimate of drug-likeness (QED) is 0.789. The van der Waals surface area contributed by atoms with Crippen molar-refractivity contribution in [3.05, 3.63) is 29.8 Å². The average Bonchev–Trinajstić information content (AvgIpc) is 2.33. The molecule has 1 aromatic rings. The summed E-state index contributed by atoms with van der Waals surface area (Å²) in [5.41, 5.74) is 1.06. The molecule has 0 bridgehead atoms. The highest BCUT2D eigenvalue weighted by molar-refractivity contribution is 5.90. The normalized spacial score (nSPS) is 18.4. The number of nitriles is 1. The van der Waals surface area contributed by atoms with Crippen LogP contribution in [0.3, 0.4) is 0 Å². The smallest absolute Gasteiger partial charge is 0.245 e. The summed E-state index contributed by atoms with van der Waals surface area (Å²) in [4.78, 5) is 13.9. The third-order valence-corrected chi connectivity index (χ3v) is 3.16. The number of hydrogen-bond acceptors (Lipinski definition) is 3. The first-order valence-electron chi connectivity index (χ1n) is 5.62. The van der Waals surface area contributed by atoms with E-state index in [0.29, 0.717) is 12.1 Å². The Morgan fingerprint density at radius 3 is 2.59 bits per heavy atom. The van der Waals surface area contributed by atoms with Crippen LogP contribution in [0.1, 0.15) is 19.4 Å². The molecular formula is C13H15N3O. The van der Waals surface area contributed by atoms with Crippen molar-refractivity contribution < 1.29 is 4.79 Å². The molecular weight excluding hydrogens is 214 g/mol. The van der Waals surface area contributed by atoms with Gasteiger partial charge in [-0.2, -0.15) is 5.26 Å². The lowest BCUT2D eigenvalue weighted by molar-refractivity contribution is -0.126. The van der Waals surface area contributed by atoms with Crippen LogP contribution in [0.25, 0.3) is 0 Å². The molecule has 0 unspecified atom stereocenters. The van der Waals surface area contributed by atoms with Crippen LogP contribution in [0.5, 0.6) is 0 Å². The minimum absolute atomic E-state index is 0.0353. The Labute approximate surface area is 101 Å². The number of benzene rings is 1. The summed E-state index contributed by atoms with van der Waals surface area (Å²) in [7, 11) is 0. The molecule has 88 valence electrons. The maximum atomic E-state index is 11.8. The zero-order chi connectivity index (χ0) is 12.5. The van der Waals surface area contributed by atoms with E-state index >= 15 is 0 Å². The molecule has 1 aliphatic heterocycles. The minimum atomic E-state index is -0.549. The Kier molecular flexibility index (Phi) is 2.76. The van der Waals surface area contributed by atoms with E-state index in [4.69, 9.17) is 5.26 Å². The fraction of sp³-hybridized carbons (Fsp3) is 0.385. The van der Waals surface area contributed by atoms with Gasteiger partial charge < -0.3 is 10.2 Å². The van der Waals surface area contributed by atoms with E-state index in [1.807, 2.05) is 26.0 Å². The molecule has 0 saturated carbocycles. The lowest BCUT2D eigenvalue weighted by atomic mass is 9.98. The van der Waals surface area contributed by atoms with Gasteiger partial charge in [0.05, 0.1) is 11.6 Å². The predicted molar refractivity (Wildman–Crippen MR) is 65.6 cm³/mol. The average molecular weight is 229 g/mol. The second-order valence-corrected chi connectivity index (χ2v) is 4.63. The van der Waals surface area contributed by atoms with Crippen molar-refractivity contribution in [2.45, 2.75) is 19.4 Å². The van der Waals surface area contributed by atoms with Crippen molar-refractivity contribution in [2.75, 3.05) is 18.0 Å². The van der Waals surface area contributed by atoms with Gasteiger partial charge in [-0.15, -0.1) is 0 Å². The lowest BCUT2D eigenvalue weighted by Gasteiger charge is -2.42. The fourth-order valence-corrected chi connectivity index (χ4v) is 2.07. The van der Waals surface area contributed by atoms with Crippen molar-refractivity contribution in [1.29, 1.82) is 5.26 Å². The van der Waals surface area contributed by atoms with Crippen LogP contribution in [0.15, 0.2) is 24.3 Å². The predicted octanol–water partition coefficient (Wildman–Crippen LogP) is 1.27. The van der Waals surface area contributed by atoms with E-state index in [1.54, 1.807) is 12.1 Å². The maximum Gasteiger partial charge on any atom is 0.245 e. The number of anilines is 1. The molecule has 1 fully saturated rings. The molecule has 1 amide bonds. The van der Waals surface area contributed by atoms with Gasteiger partial charge in [0, 0.05) is 18.8 Å². The summed E-state index contributed by atoms with van der Waals surface area (Å²) in [6.45, 7) is 5.24. The van der Waals surface area contributed by atoms with Gasteiger partial charge in [0.2, 0.25) is 5.91 Å². The molecule has 1 aromatic carbocycles. The summed E-state index contributed by atoms with van der Waals surface area (Å²) in [6.07, 6.45) is 0. The van der Waals surface area contributed by atoms with E-state index in [9.17, 15) is 4.79 Å². The van der Waals surface area contributed by atoms with Gasteiger partial charge in [0.15, 0.2) is 0 Å². The molecule has 0 radical (unpaired) electrons. The third kappa shape index (κ3) is 1.96. The molecule has 0 aromatic heterocycles. The van der Waals surface area contributed by atoms with Gasteiger partial charge in [0.1, 0.15) is 5.54 Å². The SMILES string of the molecule is CC1(C)C(=O)NCCN1c1ccc(C#N)cc1. The van der Waals surface area contributed by atoms with Crippen LogP contribution in [0, 0.1) is 11.3 Å². The number of rotatable bonds is 1. The Hall–Kier alpha value is -2.02. The molecule has 1 heterocycles. The topological polar surface area (TPSA) is 56.1 Å². The zero-order valence-corrected chi connectivity index (χ0v) is 10.0. The van der Waals surface area contributed by atoms with Gasteiger partial charge in [-0.25, -0.2) is 0 Å². The van der Waals surface area contributed by atoms with Crippen LogP contribution in [-0.2, 0) is 4.79 Å². The van der Waals surface area contributed by atoms with E-state index < -0.39 is 5.54 Å². The standard InChI is InChI=1S/C13H15N3O/c1-13(2)12(17)15-7-8-16(13)11-5-3-10(9-14)4-6-11/h3-6H,7-8H2,1-2H3,(H,15,17). The third-order valence-electron chi connectivity index (χ3n) is 3.16. The van der Waals surface area contributed by atoms with Crippen molar-refractivity contribution >= 4 is 11.6 Å². The maximum absolute atomic E-state index is 11.8. The fourth-order valence-electron chi connectivity index (χ4n) is 2.07. The molecule has 1 saturated heterocycles. The first-order valence-corrected chi connectivity index (χ1v) is 5.62. The highest BCUT2D eigenvalue weighted by atomic mass is 16.2. The molecule has 0 atom stereocenters. The molecule has 0 aliphatic carbocycles. The van der Waals surface area contributed by atoms with Gasteiger partial charge in [0.25, 0.3) is 0 Å². The van der Waals surface area contributed by atoms with Gasteiger partial charge in [-0.3, -0.25) is 4.79 Å². The molecule has 1 aliphatic rings. The van der Waals surface area contributed by atoms with Crippen LogP contribution in [-0.4, -0.2) is 24.5 Å². The van der Waals surface area contributed by atoms with E-state index in [1.165, 1.54) is 0 Å². The summed E-state index contributed by atoms with van der Waals surface area (Å²) in [5, 5.41) is 11.6. The zero-order valence-electron chi connectivity index (χ0n) is 10.0. The highest BCUT2D eigenvalue weighted by Gasteiger charge is 2.37. The number of carbonyl (C=O) groups excluding carboxylic acids is 1. The van der Waals surface area contributed by atoms with Crippen LogP contribution >= 0.6 is 0 Å². The Balaban J connectivity index is 2.32. The van der Waals surface area contributed by atoms with E-state index in [0.717, 1.165) is 12.2 Å². The number of nitrogens with zero attached hydrogens (tertiary/aromatic N) is 2. The van der Waals surface area contributed by atoms with Crippen LogP contribution < -0.4 is 10.2 Å². The monoisotopic (exact) mass is 229 g/mol. The van der Waals surface area contributed by atoms with Gasteiger partial charge >= 0.3 is 0 Å². The first kappa shape index (κ1) is 11.5. The second-order valence-electron chi connectivity index (χ2n) is 4.63. The Bertz CT molecular complexity index is 470. The molecule has 17 heavy (non-hydrogen) atoms. The number of piperazine rings is 1. The van der Waals surface area contributed by atoms with Crippen molar-refractivity contribution in [1.82, 2.24) is 5.32 Å². The lowest BCUT2D eigenvalue weighted by Crippen LogP contribution is -2.62. The van der Waals surface area contributed by atoms with Crippen LogP contribution in [0.2, 0.25) is 0 Å². The molecule has 1 N–H and O–H groups in total. The number of carbonyl (C=O) groups is 1. The van der Waals surface area contributed by atoms with Crippen LogP contribution in [0.4, 0.5) is 5.69 Å². The first-order chi connectivity index (χ1) is 8.05. The largest absolute Gasteiger partial charge is 0.356 e. The van der Waals surface area contributed by atoms with E-state index in [2.05, 4.69) is 16.3 Å². The molecule has 2 rings (SSSR count). The van der Waals surface area contributed by atoms with Gasteiger partial charge in [-0.1, -0.05) is 0 Å². The van der Waals surface area contributed by atoms with Crippen molar-refractivity contribution in [3.63, 3.8) is 0 Å². The summed E-state index contributed by atoms with van der Waals surface area (Å²) >= 11 is 0. The van der Waals surface area contributed by atoms with Gasteiger partial charge in [-0.05, 0) is 38.1 Å². The minimum Gasteiger partial charge on any atom is -0.356 e. The number of hydrogen-bond donors (Lipinski definition) is 1. The summed E-state index contributed by atoms with van der Waals surface area (Å²) < 4.78 is 0. The molecule has 4 heteroatoms. The Morgan fingerprint density at radius 2 is 2.00 bits per heavy atom. The molecule has 0 spiro atoms. The second kappa shape index (κ2) is 4.10. The number of nitrogens with one attached hydrogen (secondary N) is 1. The van der Waals surface area contributed by atoms with Crippen molar-refractivity contribution in [3.8, 4) is 6.07 Å². The van der Waals surface area contributed by atoms with Crippen molar-refractivity contribution in [2.24, 2.45) is 0 Å². The number of amides is 1.